The summed E-state index contributed by atoms with van der Waals surface area (Å²) >= 11 is 0. The highest BCUT2D eigenvalue weighted by atomic mass is 32.2. The molecule has 2 aliphatic carbocycles. The molecule has 24 heavy (non-hydrogen) atoms. The summed E-state index contributed by atoms with van der Waals surface area (Å²) in [5.74, 6) is 0. The predicted octanol–water partition coefficient (Wildman–Crippen LogP) is 5.34. The lowest BCUT2D eigenvalue weighted by atomic mass is 10.00. The zero-order valence-corrected chi connectivity index (χ0v) is 15.8. The van der Waals surface area contributed by atoms with Gasteiger partial charge in [-0.15, -0.1) is 0 Å². The molecule has 1 aromatic carbocycles. The van der Waals surface area contributed by atoms with Gasteiger partial charge in [0.2, 0.25) is 7.37 Å². The Bertz CT molecular complexity index is 652. The Morgan fingerprint density at radius 3 is 1.71 bits per heavy atom. The maximum absolute atomic E-state index is 13.9. The molecule has 6 heteroatoms. The quantitative estimate of drug-likeness (QED) is 0.657. The van der Waals surface area contributed by atoms with E-state index < -0.39 is 17.5 Å². The zero-order valence-electron chi connectivity index (χ0n) is 14.1. The minimum absolute atomic E-state index is 0.0900. The van der Waals surface area contributed by atoms with Crippen LogP contribution in [0, 0.1) is 0 Å². The molecule has 2 aliphatic rings. The van der Waals surface area contributed by atoms with Crippen molar-refractivity contribution in [1.82, 2.24) is 0 Å². The molecule has 0 aromatic heterocycles. The van der Waals surface area contributed by atoms with Crippen molar-refractivity contribution < 1.29 is 17.0 Å². The Kier molecular flexibility index (Phi) is 5.84. The van der Waals surface area contributed by atoms with E-state index in [4.69, 9.17) is 3.97 Å². The predicted molar refractivity (Wildman–Crippen MR) is 96.1 cm³/mol. The lowest BCUT2D eigenvalue weighted by Crippen LogP contribution is -2.26. The van der Waals surface area contributed by atoms with Gasteiger partial charge in [-0.25, -0.2) is 3.97 Å². The van der Waals surface area contributed by atoms with Crippen molar-refractivity contribution in [2.24, 2.45) is 0 Å². The molecule has 0 radical (unpaired) electrons. The van der Waals surface area contributed by atoms with Gasteiger partial charge in [0.1, 0.15) is 0 Å². The first-order chi connectivity index (χ1) is 11.5. The molecule has 0 heterocycles. The fraction of sp³-hybridized carbons (Fsp3) is 0.667. The highest BCUT2D eigenvalue weighted by Crippen LogP contribution is 2.64. The van der Waals surface area contributed by atoms with Gasteiger partial charge in [0.15, 0.2) is 0 Å². The second-order valence-electron chi connectivity index (χ2n) is 7.07. The van der Waals surface area contributed by atoms with E-state index in [-0.39, 0.29) is 16.2 Å². The van der Waals surface area contributed by atoms with Crippen molar-refractivity contribution >= 4 is 17.5 Å². The molecule has 0 spiro atoms. The van der Waals surface area contributed by atoms with Gasteiger partial charge < -0.3 is 0 Å². The normalized spacial score (nSPS) is 21.7. The molecule has 4 nitrogen and oxygen atoms in total. The molecule has 1 aromatic rings. The van der Waals surface area contributed by atoms with Crippen LogP contribution in [0.5, 0.6) is 0 Å². The van der Waals surface area contributed by atoms with Crippen LogP contribution >= 0.6 is 7.37 Å². The van der Waals surface area contributed by atoms with Crippen molar-refractivity contribution in [3.8, 4) is 0 Å². The van der Waals surface area contributed by atoms with Crippen molar-refractivity contribution in [3.05, 3.63) is 30.3 Å². The van der Waals surface area contributed by atoms with Gasteiger partial charge in [-0.3, -0.25) is 4.57 Å². The largest absolute Gasteiger partial charge is 0.302 e. The standard InChI is InChI=1S/C18H27O4PS/c19-23(16-10-4-1-5-11-16,17-12-6-2-7-13-17)22-24(20,21)18-14-8-3-9-15-18/h3,8-9,14-17H,1-2,4-7,10-13H2. The molecule has 0 N–H and O–H groups in total. The molecule has 0 aliphatic heterocycles. The summed E-state index contributed by atoms with van der Waals surface area (Å²) in [5.41, 5.74) is -0.180. The van der Waals surface area contributed by atoms with E-state index >= 15 is 0 Å². The van der Waals surface area contributed by atoms with Crippen LogP contribution in [0.25, 0.3) is 0 Å². The maximum atomic E-state index is 13.9. The minimum atomic E-state index is -3.98. The molecular formula is C18H27O4PS. The van der Waals surface area contributed by atoms with E-state index in [1.807, 2.05) is 0 Å². The average Bonchev–Trinajstić information content (AvgIpc) is 2.63. The first kappa shape index (κ1) is 18.2. The van der Waals surface area contributed by atoms with E-state index in [9.17, 15) is 13.0 Å². The van der Waals surface area contributed by atoms with E-state index in [1.54, 1.807) is 18.2 Å². The summed E-state index contributed by atoms with van der Waals surface area (Å²) in [4.78, 5) is 0.108. The van der Waals surface area contributed by atoms with Crippen molar-refractivity contribution in [1.29, 1.82) is 0 Å². The van der Waals surface area contributed by atoms with Crippen LogP contribution in [0.4, 0.5) is 0 Å². The van der Waals surface area contributed by atoms with Gasteiger partial charge in [-0.1, -0.05) is 56.7 Å². The van der Waals surface area contributed by atoms with Gasteiger partial charge in [-0.05, 0) is 37.8 Å². The first-order valence-corrected chi connectivity index (χ1v) is 12.3. The first-order valence-electron chi connectivity index (χ1n) is 9.13. The van der Waals surface area contributed by atoms with E-state index in [0.717, 1.165) is 64.2 Å². The summed E-state index contributed by atoms with van der Waals surface area (Å²) in [6.45, 7) is 0. The fourth-order valence-electron chi connectivity index (χ4n) is 4.09. The SMILES string of the molecule is O=P(OS(=O)(=O)c1ccccc1)(C1CCCCC1)C1CCCCC1. The number of benzene rings is 1. The molecule has 134 valence electrons. The van der Waals surface area contributed by atoms with Crippen LogP contribution in [0.1, 0.15) is 64.2 Å². The third kappa shape index (κ3) is 3.95. The number of rotatable bonds is 5. The molecular weight excluding hydrogens is 343 g/mol. The number of hydrogen-bond acceptors (Lipinski definition) is 4. The molecule has 2 saturated carbocycles. The number of hydrogen-bond donors (Lipinski definition) is 0. The zero-order chi connectivity index (χ0) is 17.0. The van der Waals surface area contributed by atoms with Crippen LogP contribution in [-0.4, -0.2) is 19.7 Å². The Morgan fingerprint density at radius 2 is 1.25 bits per heavy atom. The molecule has 0 amide bonds. The third-order valence-corrected chi connectivity index (χ3v) is 11.0. The van der Waals surface area contributed by atoms with Gasteiger partial charge in [0.25, 0.3) is 0 Å². The Morgan fingerprint density at radius 1 is 0.792 bits per heavy atom. The molecule has 0 saturated heterocycles. The van der Waals surface area contributed by atoms with Gasteiger partial charge in [-0.2, -0.15) is 8.42 Å². The molecule has 0 bridgehead atoms. The van der Waals surface area contributed by atoms with Crippen LogP contribution < -0.4 is 0 Å². The van der Waals surface area contributed by atoms with Gasteiger partial charge in [0.05, 0.1) is 4.90 Å². The van der Waals surface area contributed by atoms with Crippen LogP contribution in [-0.2, 0) is 18.7 Å². The summed E-state index contributed by atoms with van der Waals surface area (Å²) in [6.07, 6.45) is 9.71. The van der Waals surface area contributed by atoms with Crippen LogP contribution in [0.3, 0.4) is 0 Å². The van der Waals surface area contributed by atoms with E-state index in [2.05, 4.69) is 0 Å². The van der Waals surface area contributed by atoms with E-state index in [0.29, 0.717) is 0 Å². The van der Waals surface area contributed by atoms with Crippen molar-refractivity contribution in [2.45, 2.75) is 80.4 Å². The molecule has 3 rings (SSSR count). The monoisotopic (exact) mass is 370 g/mol. The Balaban J connectivity index is 1.90. The van der Waals surface area contributed by atoms with E-state index in [1.165, 1.54) is 12.1 Å². The van der Waals surface area contributed by atoms with Crippen LogP contribution in [0.15, 0.2) is 35.2 Å². The lowest BCUT2D eigenvalue weighted by molar-refractivity contribution is 0.387. The summed E-state index contributed by atoms with van der Waals surface area (Å²) in [5, 5.41) is 0. The molecule has 0 atom stereocenters. The highest BCUT2D eigenvalue weighted by molar-refractivity contribution is 7.92. The highest BCUT2D eigenvalue weighted by Gasteiger charge is 2.46. The molecule has 2 fully saturated rings. The summed E-state index contributed by atoms with van der Waals surface area (Å²) < 4.78 is 45.0. The summed E-state index contributed by atoms with van der Waals surface area (Å²) in [6, 6.07) is 8.13. The second kappa shape index (κ2) is 7.72. The Hall–Kier alpha value is -0.640. The van der Waals surface area contributed by atoms with Gasteiger partial charge >= 0.3 is 10.1 Å². The average molecular weight is 370 g/mol. The third-order valence-electron chi connectivity index (χ3n) is 5.41. The minimum Gasteiger partial charge on any atom is -0.291 e. The summed E-state index contributed by atoms with van der Waals surface area (Å²) in [7, 11) is -7.22. The van der Waals surface area contributed by atoms with Crippen molar-refractivity contribution in [2.75, 3.05) is 0 Å². The lowest BCUT2D eigenvalue weighted by Gasteiger charge is -2.36. The molecule has 0 unspecified atom stereocenters. The topological polar surface area (TPSA) is 60.4 Å². The second-order valence-corrected chi connectivity index (χ2v) is 11.8. The van der Waals surface area contributed by atoms with Gasteiger partial charge in [0, 0.05) is 11.3 Å². The fourth-order valence-corrected chi connectivity index (χ4v) is 9.89. The van der Waals surface area contributed by atoms with Crippen LogP contribution in [0.2, 0.25) is 0 Å². The Labute approximate surface area is 145 Å². The van der Waals surface area contributed by atoms with Crippen molar-refractivity contribution in [3.63, 3.8) is 0 Å². The maximum Gasteiger partial charge on any atom is 0.302 e. The smallest absolute Gasteiger partial charge is 0.291 e.